The summed E-state index contributed by atoms with van der Waals surface area (Å²) in [6.07, 6.45) is 0. The van der Waals surface area contributed by atoms with Crippen molar-refractivity contribution in [3.05, 3.63) is 0 Å². The minimum Gasteiger partial charge on any atom is -0.351 e. The molecule has 4 heteroatoms. The molecular weight excluding hydrogens is 226 g/mol. The number of amides is 1. The SMILES string of the molecule is CC(C(=O)NC1C(C)(C)C1(C)C)N1CCNCC1. The highest BCUT2D eigenvalue weighted by Gasteiger charge is 2.65. The summed E-state index contributed by atoms with van der Waals surface area (Å²) in [6, 6.07) is 0.294. The summed E-state index contributed by atoms with van der Waals surface area (Å²) >= 11 is 0. The number of carbonyl (C=O) groups is 1. The van der Waals surface area contributed by atoms with Crippen molar-refractivity contribution in [2.45, 2.75) is 46.7 Å². The van der Waals surface area contributed by atoms with Crippen LogP contribution in [-0.4, -0.2) is 49.1 Å². The van der Waals surface area contributed by atoms with Crippen LogP contribution in [0.25, 0.3) is 0 Å². The fraction of sp³-hybridized carbons (Fsp3) is 0.929. The lowest BCUT2D eigenvalue weighted by Crippen LogP contribution is -2.53. The van der Waals surface area contributed by atoms with Crippen LogP contribution in [0.15, 0.2) is 0 Å². The smallest absolute Gasteiger partial charge is 0.237 e. The number of rotatable bonds is 3. The molecule has 1 unspecified atom stereocenters. The summed E-state index contributed by atoms with van der Waals surface area (Å²) in [7, 11) is 0. The highest BCUT2D eigenvalue weighted by Crippen LogP contribution is 2.62. The third kappa shape index (κ3) is 2.16. The molecule has 0 spiro atoms. The van der Waals surface area contributed by atoms with Gasteiger partial charge in [-0.2, -0.15) is 0 Å². The molecule has 2 fully saturated rings. The van der Waals surface area contributed by atoms with Crippen LogP contribution >= 0.6 is 0 Å². The second-order valence-corrected chi connectivity index (χ2v) is 6.85. The van der Waals surface area contributed by atoms with Gasteiger partial charge in [-0.15, -0.1) is 0 Å². The van der Waals surface area contributed by atoms with Gasteiger partial charge < -0.3 is 10.6 Å². The Labute approximate surface area is 110 Å². The highest BCUT2D eigenvalue weighted by molar-refractivity contribution is 5.82. The summed E-state index contributed by atoms with van der Waals surface area (Å²) in [5, 5.41) is 6.54. The van der Waals surface area contributed by atoms with Gasteiger partial charge in [0.2, 0.25) is 5.91 Å². The number of hydrogen-bond donors (Lipinski definition) is 2. The maximum Gasteiger partial charge on any atom is 0.237 e. The Hall–Kier alpha value is -0.610. The fourth-order valence-corrected chi connectivity index (χ4v) is 3.06. The minimum absolute atomic E-state index is 0.0145. The third-order valence-corrected chi connectivity index (χ3v) is 5.39. The molecule has 1 aliphatic carbocycles. The lowest BCUT2D eigenvalue weighted by Gasteiger charge is -2.32. The monoisotopic (exact) mass is 253 g/mol. The van der Waals surface area contributed by atoms with Gasteiger partial charge in [0.05, 0.1) is 6.04 Å². The lowest BCUT2D eigenvalue weighted by molar-refractivity contribution is -0.126. The van der Waals surface area contributed by atoms with Crippen molar-refractivity contribution in [3.8, 4) is 0 Å². The van der Waals surface area contributed by atoms with E-state index >= 15 is 0 Å². The first-order chi connectivity index (χ1) is 8.28. The molecule has 0 aromatic rings. The van der Waals surface area contributed by atoms with Crippen LogP contribution < -0.4 is 10.6 Å². The van der Waals surface area contributed by atoms with Crippen LogP contribution in [0.2, 0.25) is 0 Å². The maximum absolute atomic E-state index is 12.3. The first-order valence-corrected chi connectivity index (χ1v) is 7.03. The molecule has 0 aromatic carbocycles. The van der Waals surface area contributed by atoms with Crippen LogP contribution in [0, 0.1) is 10.8 Å². The Morgan fingerprint density at radius 2 is 1.72 bits per heavy atom. The van der Waals surface area contributed by atoms with Crippen molar-refractivity contribution in [1.82, 2.24) is 15.5 Å². The summed E-state index contributed by atoms with van der Waals surface area (Å²) in [6.45, 7) is 14.8. The van der Waals surface area contributed by atoms with Crippen molar-refractivity contribution in [2.75, 3.05) is 26.2 Å². The number of nitrogens with zero attached hydrogens (tertiary/aromatic N) is 1. The van der Waals surface area contributed by atoms with Crippen molar-refractivity contribution in [2.24, 2.45) is 10.8 Å². The Balaban J connectivity index is 1.89. The zero-order valence-corrected chi connectivity index (χ0v) is 12.3. The van der Waals surface area contributed by atoms with Crippen LogP contribution in [0.1, 0.15) is 34.6 Å². The summed E-state index contributed by atoms with van der Waals surface area (Å²) in [5.74, 6) is 0.181. The molecule has 104 valence electrons. The number of piperazine rings is 1. The molecule has 1 saturated carbocycles. The van der Waals surface area contributed by atoms with Gasteiger partial charge in [-0.05, 0) is 17.8 Å². The highest BCUT2D eigenvalue weighted by atomic mass is 16.2. The van der Waals surface area contributed by atoms with Gasteiger partial charge in [0.25, 0.3) is 0 Å². The molecule has 0 radical (unpaired) electrons. The van der Waals surface area contributed by atoms with E-state index in [0.717, 1.165) is 26.2 Å². The van der Waals surface area contributed by atoms with Crippen molar-refractivity contribution >= 4 is 5.91 Å². The minimum atomic E-state index is -0.0145. The summed E-state index contributed by atoms with van der Waals surface area (Å²) < 4.78 is 0. The Kier molecular flexibility index (Phi) is 3.45. The standard InChI is InChI=1S/C14H27N3O/c1-10(17-8-6-15-7-9-17)11(18)16-12-13(2,3)14(12,4)5/h10,12,15H,6-9H2,1-5H3,(H,16,18). The largest absolute Gasteiger partial charge is 0.351 e. The van der Waals surface area contributed by atoms with Crippen molar-refractivity contribution in [1.29, 1.82) is 0 Å². The van der Waals surface area contributed by atoms with Gasteiger partial charge in [0, 0.05) is 32.2 Å². The zero-order valence-electron chi connectivity index (χ0n) is 12.3. The number of carbonyl (C=O) groups excluding carboxylic acids is 1. The summed E-state index contributed by atoms with van der Waals surface area (Å²) in [5.41, 5.74) is 0.428. The molecule has 1 amide bonds. The topological polar surface area (TPSA) is 44.4 Å². The van der Waals surface area contributed by atoms with Crippen molar-refractivity contribution < 1.29 is 4.79 Å². The molecule has 4 nitrogen and oxygen atoms in total. The van der Waals surface area contributed by atoms with E-state index in [1.165, 1.54) is 0 Å². The molecule has 2 rings (SSSR count). The average Bonchev–Trinajstić information content (AvgIpc) is 2.72. The van der Waals surface area contributed by atoms with E-state index in [4.69, 9.17) is 0 Å². The van der Waals surface area contributed by atoms with E-state index in [1.807, 2.05) is 6.92 Å². The maximum atomic E-state index is 12.3. The molecule has 2 N–H and O–H groups in total. The molecule has 1 aliphatic heterocycles. The molecule has 1 saturated heterocycles. The van der Waals surface area contributed by atoms with Gasteiger partial charge in [-0.3, -0.25) is 9.69 Å². The normalized spacial score (nSPS) is 28.7. The Morgan fingerprint density at radius 1 is 1.22 bits per heavy atom. The number of hydrogen-bond acceptors (Lipinski definition) is 3. The molecule has 18 heavy (non-hydrogen) atoms. The second kappa shape index (κ2) is 4.49. The van der Waals surface area contributed by atoms with E-state index in [0.29, 0.717) is 6.04 Å². The third-order valence-electron chi connectivity index (χ3n) is 5.39. The van der Waals surface area contributed by atoms with Gasteiger partial charge in [0.1, 0.15) is 0 Å². The predicted octanol–water partition coefficient (Wildman–Crippen LogP) is 0.831. The Bertz CT molecular complexity index is 318. The summed E-state index contributed by atoms with van der Waals surface area (Å²) in [4.78, 5) is 14.6. The first kappa shape index (κ1) is 13.8. The van der Waals surface area contributed by atoms with E-state index in [9.17, 15) is 4.79 Å². The second-order valence-electron chi connectivity index (χ2n) is 6.85. The van der Waals surface area contributed by atoms with Crippen LogP contribution in [0.4, 0.5) is 0 Å². The zero-order chi connectivity index (χ0) is 13.6. The van der Waals surface area contributed by atoms with E-state index < -0.39 is 0 Å². The van der Waals surface area contributed by atoms with Crippen LogP contribution in [0.5, 0.6) is 0 Å². The van der Waals surface area contributed by atoms with E-state index in [-0.39, 0.29) is 22.8 Å². The van der Waals surface area contributed by atoms with Gasteiger partial charge in [-0.1, -0.05) is 27.7 Å². The molecule has 2 aliphatic rings. The molecule has 1 atom stereocenters. The van der Waals surface area contributed by atoms with Gasteiger partial charge in [-0.25, -0.2) is 0 Å². The predicted molar refractivity (Wildman–Crippen MR) is 73.4 cm³/mol. The van der Waals surface area contributed by atoms with Gasteiger partial charge >= 0.3 is 0 Å². The Morgan fingerprint density at radius 3 is 2.17 bits per heavy atom. The van der Waals surface area contributed by atoms with Crippen LogP contribution in [0.3, 0.4) is 0 Å². The molecule has 0 bridgehead atoms. The van der Waals surface area contributed by atoms with Gasteiger partial charge in [0.15, 0.2) is 0 Å². The van der Waals surface area contributed by atoms with Crippen molar-refractivity contribution in [3.63, 3.8) is 0 Å². The lowest BCUT2D eigenvalue weighted by atomic mass is 10.0. The van der Waals surface area contributed by atoms with E-state index in [2.05, 4.69) is 43.2 Å². The van der Waals surface area contributed by atoms with Crippen LogP contribution in [-0.2, 0) is 4.79 Å². The average molecular weight is 253 g/mol. The molecule has 0 aromatic heterocycles. The molecule has 1 heterocycles. The first-order valence-electron chi connectivity index (χ1n) is 7.03. The fourth-order valence-electron chi connectivity index (χ4n) is 3.06. The number of nitrogens with one attached hydrogen (secondary N) is 2. The molecular formula is C14H27N3O. The van der Waals surface area contributed by atoms with E-state index in [1.54, 1.807) is 0 Å². The quantitative estimate of drug-likeness (QED) is 0.783.